The molecule has 0 saturated carbocycles. The summed E-state index contributed by atoms with van der Waals surface area (Å²) in [6, 6.07) is 13.1. The Labute approximate surface area is 127 Å². The summed E-state index contributed by atoms with van der Waals surface area (Å²) in [6.45, 7) is 2.31. The van der Waals surface area contributed by atoms with E-state index in [1.165, 1.54) is 11.6 Å². The molecular weight excluding hydrogens is 321 g/mol. The highest BCUT2D eigenvalue weighted by molar-refractivity contribution is 9.10. The molecule has 20 heavy (non-hydrogen) atoms. The Morgan fingerprint density at radius 1 is 1.20 bits per heavy atom. The van der Waals surface area contributed by atoms with Gasteiger partial charge in [0.25, 0.3) is 0 Å². The molecule has 1 atom stereocenters. The predicted molar refractivity (Wildman–Crippen MR) is 82.3 cm³/mol. The average molecular weight is 338 g/mol. The Kier molecular flexibility index (Phi) is 5.15. The highest BCUT2D eigenvalue weighted by atomic mass is 79.9. The molecule has 1 N–H and O–H groups in total. The molecule has 0 fully saturated rings. The maximum atomic E-state index is 13.7. The number of halogens is 2. The number of nitrogens with one attached hydrogen (secondary N) is 1. The van der Waals surface area contributed by atoms with Crippen LogP contribution in [0.1, 0.15) is 24.1 Å². The van der Waals surface area contributed by atoms with E-state index in [1.807, 2.05) is 31.3 Å². The normalized spacial score (nSPS) is 12.2. The number of ether oxygens (including phenoxy) is 1. The van der Waals surface area contributed by atoms with Crippen molar-refractivity contribution < 1.29 is 9.13 Å². The van der Waals surface area contributed by atoms with Crippen LogP contribution in [0.5, 0.6) is 5.75 Å². The maximum absolute atomic E-state index is 13.7. The zero-order chi connectivity index (χ0) is 14.5. The lowest BCUT2D eigenvalue weighted by Gasteiger charge is -2.12. The van der Waals surface area contributed by atoms with E-state index in [2.05, 4.69) is 28.2 Å². The summed E-state index contributed by atoms with van der Waals surface area (Å²) in [4.78, 5) is 0. The van der Waals surface area contributed by atoms with Gasteiger partial charge in [-0.05, 0) is 43.8 Å². The maximum Gasteiger partial charge on any atom is 0.130 e. The third-order valence-corrected chi connectivity index (χ3v) is 3.72. The summed E-state index contributed by atoms with van der Waals surface area (Å²) in [5, 5.41) is 3.18. The number of hydrogen-bond acceptors (Lipinski definition) is 2. The second-order valence-electron chi connectivity index (χ2n) is 4.60. The summed E-state index contributed by atoms with van der Waals surface area (Å²) in [5.74, 6) is 0.471. The minimum absolute atomic E-state index is 0.222. The molecule has 4 heteroatoms. The highest BCUT2D eigenvalue weighted by Gasteiger charge is 2.05. The summed E-state index contributed by atoms with van der Waals surface area (Å²) in [5.41, 5.74) is 1.73. The largest absolute Gasteiger partial charge is 0.489 e. The van der Waals surface area contributed by atoms with Crippen molar-refractivity contribution in [2.45, 2.75) is 19.6 Å². The van der Waals surface area contributed by atoms with Gasteiger partial charge in [-0.2, -0.15) is 0 Å². The molecule has 106 valence electrons. The third-order valence-electron chi connectivity index (χ3n) is 3.22. The molecule has 0 bridgehead atoms. The van der Waals surface area contributed by atoms with E-state index in [-0.39, 0.29) is 12.4 Å². The first-order valence-corrected chi connectivity index (χ1v) is 7.23. The first-order chi connectivity index (χ1) is 9.60. The van der Waals surface area contributed by atoms with Gasteiger partial charge in [0.05, 0.1) is 0 Å². The van der Waals surface area contributed by atoms with Gasteiger partial charge in [0.2, 0.25) is 0 Å². The number of benzene rings is 2. The van der Waals surface area contributed by atoms with Crippen LogP contribution < -0.4 is 10.1 Å². The molecule has 0 aliphatic carbocycles. The van der Waals surface area contributed by atoms with Crippen LogP contribution in [0.3, 0.4) is 0 Å². The fraction of sp³-hybridized carbons (Fsp3) is 0.250. The van der Waals surface area contributed by atoms with Crippen LogP contribution in [-0.2, 0) is 6.61 Å². The van der Waals surface area contributed by atoms with Gasteiger partial charge >= 0.3 is 0 Å². The summed E-state index contributed by atoms with van der Waals surface area (Å²) >= 11 is 3.23. The topological polar surface area (TPSA) is 21.3 Å². The van der Waals surface area contributed by atoms with Crippen molar-refractivity contribution in [3.63, 3.8) is 0 Å². The molecule has 0 aliphatic rings. The highest BCUT2D eigenvalue weighted by Crippen LogP contribution is 2.20. The molecule has 2 nitrogen and oxygen atoms in total. The first-order valence-electron chi connectivity index (χ1n) is 6.44. The van der Waals surface area contributed by atoms with Crippen LogP contribution in [-0.4, -0.2) is 7.05 Å². The van der Waals surface area contributed by atoms with Gasteiger partial charge in [-0.3, -0.25) is 0 Å². The fourth-order valence-corrected chi connectivity index (χ4v) is 2.15. The molecule has 2 aromatic carbocycles. The van der Waals surface area contributed by atoms with Gasteiger partial charge in [-0.1, -0.05) is 34.1 Å². The van der Waals surface area contributed by atoms with E-state index >= 15 is 0 Å². The first kappa shape index (κ1) is 15.0. The average Bonchev–Trinajstić information content (AvgIpc) is 2.46. The van der Waals surface area contributed by atoms with Crippen molar-refractivity contribution in [2.75, 3.05) is 7.05 Å². The molecule has 2 rings (SSSR count). The van der Waals surface area contributed by atoms with Gasteiger partial charge in [0.15, 0.2) is 0 Å². The molecule has 0 saturated heterocycles. The Bertz CT molecular complexity index is 571. The quantitative estimate of drug-likeness (QED) is 0.870. The SMILES string of the molecule is CNC(C)c1ccc(OCc2ccc(Br)cc2F)cc1. The Balaban J connectivity index is 2.00. The zero-order valence-electron chi connectivity index (χ0n) is 11.5. The van der Waals surface area contributed by atoms with Crippen molar-refractivity contribution in [3.05, 3.63) is 63.9 Å². The predicted octanol–water partition coefficient (Wildman–Crippen LogP) is 4.45. The summed E-state index contributed by atoms with van der Waals surface area (Å²) in [7, 11) is 1.92. The van der Waals surface area contributed by atoms with Crippen LogP contribution in [0.25, 0.3) is 0 Å². The van der Waals surface area contributed by atoms with Crippen molar-refractivity contribution >= 4 is 15.9 Å². The van der Waals surface area contributed by atoms with Crippen LogP contribution in [0.4, 0.5) is 4.39 Å². The molecule has 2 aromatic rings. The van der Waals surface area contributed by atoms with Gasteiger partial charge in [0.1, 0.15) is 18.2 Å². The molecule has 0 radical (unpaired) electrons. The van der Waals surface area contributed by atoms with Crippen LogP contribution >= 0.6 is 15.9 Å². The summed E-state index contributed by atoms with van der Waals surface area (Å²) in [6.07, 6.45) is 0. The van der Waals surface area contributed by atoms with Crippen LogP contribution in [0.2, 0.25) is 0 Å². The number of rotatable bonds is 5. The van der Waals surface area contributed by atoms with E-state index in [0.29, 0.717) is 11.6 Å². The minimum atomic E-state index is -0.264. The van der Waals surface area contributed by atoms with Crippen LogP contribution in [0.15, 0.2) is 46.9 Å². The van der Waals surface area contributed by atoms with E-state index in [9.17, 15) is 4.39 Å². The lowest BCUT2D eigenvalue weighted by Crippen LogP contribution is -2.11. The smallest absolute Gasteiger partial charge is 0.130 e. The lowest BCUT2D eigenvalue weighted by molar-refractivity contribution is 0.299. The molecule has 1 unspecified atom stereocenters. The van der Waals surface area contributed by atoms with Crippen molar-refractivity contribution in [3.8, 4) is 5.75 Å². The van der Waals surface area contributed by atoms with Crippen molar-refractivity contribution in [1.82, 2.24) is 5.32 Å². The zero-order valence-corrected chi connectivity index (χ0v) is 13.1. The molecule has 0 aromatic heterocycles. The van der Waals surface area contributed by atoms with E-state index in [4.69, 9.17) is 4.74 Å². The standard InChI is InChI=1S/C16H17BrFNO/c1-11(19-2)12-4-7-15(8-5-12)20-10-13-3-6-14(17)9-16(13)18/h3-9,11,19H,10H2,1-2H3. The van der Waals surface area contributed by atoms with Gasteiger partial charge in [-0.15, -0.1) is 0 Å². The third kappa shape index (κ3) is 3.81. The molecule has 0 aliphatic heterocycles. The summed E-state index contributed by atoms with van der Waals surface area (Å²) < 4.78 is 20.0. The van der Waals surface area contributed by atoms with Gasteiger partial charge in [-0.25, -0.2) is 4.39 Å². The van der Waals surface area contributed by atoms with Crippen molar-refractivity contribution in [1.29, 1.82) is 0 Å². The second-order valence-corrected chi connectivity index (χ2v) is 5.52. The Morgan fingerprint density at radius 2 is 1.90 bits per heavy atom. The molecular formula is C16H17BrFNO. The van der Waals surface area contributed by atoms with E-state index < -0.39 is 0 Å². The molecule has 0 amide bonds. The van der Waals surface area contributed by atoms with Crippen LogP contribution in [0, 0.1) is 5.82 Å². The van der Waals surface area contributed by atoms with E-state index in [1.54, 1.807) is 12.1 Å². The Morgan fingerprint density at radius 3 is 2.50 bits per heavy atom. The van der Waals surface area contributed by atoms with Crippen molar-refractivity contribution in [2.24, 2.45) is 0 Å². The fourth-order valence-electron chi connectivity index (χ4n) is 1.82. The second kappa shape index (κ2) is 6.86. The van der Waals surface area contributed by atoms with Gasteiger partial charge < -0.3 is 10.1 Å². The molecule has 0 heterocycles. The van der Waals surface area contributed by atoms with E-state index in [0.717, 1.165) is 10.2 Å². The monoisotopic (exact) mass is 337 g/mol. The number of hydrogen-bond donors (Lipinski definition) is 1. The molecule has 0 spiro atoms. The minimum Gasteiger partial charge on any atom is -0.489 e. The van der Waals surface area contributed by atoms with Gasteiger partial charge in [0, 0.05) is 16.1 Å². The Hall–Kier alpha value is -1.39. The lowest BCUT2D eigenvalue weighted by atomic mass is 10.1.